The summed E-state index contributed by atoms with van der Waals surface area (Å²) < 4.78 is 3.06. The zero-order valence-electron chi connectivity index (χ0n) is 10.3. The largest absolute Gasteiger partial charge is 0.325 e. The molecule has 1 N–H and O–H groups in total. The van der Waals surface area contributed by atoms with Crippen LogP contribution in [0.25, 0.3) is 0 Å². The van der Waals surface area contributed by atoms with Crippen molar-refractivity contribution in [3.63, 3.8) is 0 Å². The quantitative estimate of drug-likeness (QED) is 0.881. The van der Waals surface area contributed by atoms with Gasteiger partial charge in [-0.15, -0.1) is 0 Å². The lowest BCUT2D eigenvalue weighted by Gasteiger charge is -2.12. The number of halogens is 2. The molecule has 0 unspecified atom stereocenters. The van der Waals surface area contributed by atoms with Gasteiger partial charge in [0.1, 0.15) is 0 Å². The summed E-state index contributed by atoms with van der Waals surface area (Å²) >= 11 is 9.49. The van der Waals surface area contributed by atoms with Gasteiger partial charge in [-0.3, -0.25) is 0 Å². The Morgan fingerprint density at radius 2 is 2.22 bits per heavy atom. The Hall–Kier alpha value is -1.000. The molecule has 0 aliphatic rings. The highest BCUT2D eigenvalue weighted by atomic mass is 79.9. The maximum atomic E-state index is 5.99. The van der Waals surface area contributed by atoms with E-state index < -0.39 is 0 Å². The Morgan fingerprint density at radius 3 is 2.94 bits per heavy atom. The summed E-state index contributed by atoms with van der Waals surface area (Å²) in [6, 6.07) is 5.64. The van der Waals surface area contributed by atoms with E-state index in [1.165, 1.54) is 0 Å². The number of aromatic nitrogens is 2. The Balaban J connectivity index is 2.23. The van der Waals surface area contributed by atoms with E-state index in [1.54, 1.807) is 6.20 Å². The van der Waals surface area contributed by atoms with Crippen LogP contribution in [0.15, 0.2) is 35.1 Å². The van der Waals surface area contributed by atoms with E-state index in [0.29, 0.717) is 10.9 Å². The third-order valence-corrected chi connectivity index (χ3v) is 3.38. The summed E-state index contributed by atoms with van der Waals surface area (Å²) in [4.78, 5) is 4.32. The molecular formula is C13H15BrClN3. The van der Waals surface area contributed by atoms with E-state index in [1.807, 2.05) is 24.4 Å². The molecule has 1 aromatic carbocycles. The number of nitrogens with one attached hydrogen (secondary N) is 1. The molecule has 0 aliphatic heterocycles. The maximum absolute atomic E-state index is 5.99. The Labute approximate surface area is 120 Å². The molecule has 1 aromatic heterocycles. The first kappa shape index (κ1) is 13.4. The van der Waals surface area contributed by atoms with Gasteiger partial charge in [0.2, 0.25) is 5.95 Å². The van der Waals surface area contributed by atoms with Crippen LogP contribution >= 0.6 is 27.5 Å². The van der Waals surface area contributed by atoms with Gasteiger partial charge in [0.15, 0.2) is 0 Å². The molecule has 5 heteroatoms. The van der Waals surface area contributed by atoms with Crippen LogP contribution in [0, 0.1) is 5.92 Å². The van der Waals surface area contributed by atoms with Crippen LogP contribution in [0.4, 0.5) is 11.6 Å². The first-order chi connectivity index (χ1) is 8.56. The molecule has 0 saturated carbocycles. The summed E-state index contributed by atoms with van der Waals surface area (Å²) in [5.41, 5.74) is 0.915. The van der Waals surface area contributed by atoms with Gasteiger partial charge in [-0.05, 0) is 40.0 Å². The van der Waals surface area contributed by atoms with Gasteiger partial charge in [-0.1, -0.05) is 25.4 Å². The van der Waals surface area contributed by atoms with Crippen molar-refractivity contribution in [3.8, 4) is 0 Å². The fraction of sp³-hybridized carbons (Fsp3) is 0.308. The van der Waals surface area contributed by atoms with Crippen LogP contribution in [0.5, 0.6) is 0 Å². The van der Waals surface area contributed by atoms with Crippen molar-refractivity contribution < 1.29 is 0 Å². The Bertz CT molecular complexity index is 537. The second-order valence-corrected chi connectivity index (χ2v) is 5.84. The first-order valence-electron chi connectivity index (χ1n) is 5.79. The maximum Gasteiger partial charge on any atom is 0.207 e. The topological polar surface area (TPSA) is 29.9 Å². The Kier molecular flexibility index (Phi) is 4.30. The molecule has 3 nitrogen and oxygen atoms in total. The summed E-state index contributed by atoms with van der Waals surface area (Å²) in [5, 5.41) is 3.98. The minimum Gasteiger partial charge on any atom is -0.325 e. The van der Waals surface area contributed by atoms with Crippen LogP contribution in [0.1, 0.15) is 13.8 Å². The molecule has 1 heterocycles. The number of rotatable bonds is 4. The number of nitrogens with zero attached hydrogens (tertiary/aromatic N) is 2. The zero-order chi connectivity index (χ0) is 13.1. The fourth-order valence-electron chi connectivity index (χ4n) is 1.69. The molecule has 0 atom stereocenters. The van der Waals surface area contributed by atoms with Gasteiger partial charge in [0.25, 0.3) is 0 Å². The highest BCUT2D eigenvalue weighted by molar-refractivity contribution is 9.10. The van der Waals surface area contributed by atoms with Gasteiger partial charge in [-0.25, -0.2) is 4.98 Å². The summed E-state index contributed by atoms with van der Waals surface area (Å²) in [5.74, 6) is 1.40. The van der Waals surface area contributed by atoms with Gasteiger partial charge in [0.05, 0.1) is 5.69 Å². The van der Waals surface area contributed by atoms with Crippen LogP contribution in [0.2, 0.25) is 5.02 Å². The molecule has 0 bridgehead atoms. The normalized spacial score (nSPS) is 10.9. The predicted octanol–water partition coefficient (Wildman–Crippen LogP) is 4.70. The van der Waals surface area contributed by atoms with E-state index in [2.05, 4.69) is 44.6 Å². The van der Waals surface area contributed by atoms with Crippen molar-refractivity contribution in [2.45, 2.75) is 20.4 Å². The third kappa shape index (κ3) is 3.27. The van der Waals surface area contributed by atoms with Crippen LogP contribution < -0.4 is 5.32 Å². The van der Waals surface area contributed by atoms with Crippen molar-refractivity contribution in [1.29, 1.82) is 0 Å². The summed E-state index contributed by atoms with van der Waals surface area (Å²) in [7, 11) is 0. The molecule has 0 saturated heterocycles. The molecule has 0 fully saturated rings. The number of anilines is 2. The highest BCUT2D eigenvalue weighted by Gasteiger charge is 2.07. The van der Waals surface area contributed by atoms with Gasteiger partial charge < -0.3 is 9.88 Å². The molecular weight excluding hydrogens is 314 g/mol. The smallest absolute Gasteiger partial charge is 0.207 e. The number of imidazole rings is 1. The number of benzene rings is 1. The highest BCUT2D eigenvalue weighted by Crippen LogP contribution is 2.28. The molecule has 0 radical (unpaired) electrons. The monoisotopic (exact) mass is 327 g/mol. The SMILES string of the molecule is CC(C)Cn1ccnc1Nc1cc(Cl)ccc1Br. The standard InChI is InChI=1S/C13H15BrClN3/c1-9(2)8-18-6-5-16-13(18)17-12-7-10(15)3-4-11(12)14/h3-7,9H,8H2,1-2H3,(H,16,17). The predicted molar refractivity (Wildman–Crippen MR) is 79.5 cm³/mol. The molecule has 2 rings (SSSR count). The van der Waals surface area contributed by atoms with E-state index >= 15 is 0 Å². The first-order valence-corrected chi connectivity index (χ1v) is 6.96. The van der Waals surface area contributed by atoms with E-state index in [-0.39, 0.29) is 0 Å². The van der Waals surface area contributed by atoms with Crippen molar-refractivity contribution in [3.05, 3.63) is 40.1 Å². The van der Waals surface area contributed by atoms with Gasteiger partial charge in [0, 0.05) is 28.4 Å². The fourth-order valence-corrected chi connectivity index (χ4v) is 2.21. The van der Waals surface area contributed by atoms with Crippen LogP contribution in [-0.4, -0.2) is 9.55 Å². The average molecular weight is 329 g/mol. The molecule has 0 amide bonds. The van der Waals surface area contributed by atoms with E-state index in [0.717, 1.165) is 22.7 Å². The van der Waals surface area contributed by atoms with Crippen molar-refractivity contribution >= 4 is 39.2 Å². The average Bonchev–Trinajstić information content (AvgIpc) is 2.70. The van der Waals surface area contributed by atoms with Crippen LogP contribution in [0.3, 0.4) is 0 Å². The van der Waals surface area contributed by atoms with Gasteiger partial charge in [-0.2, -0.15) is 0 Å². The second-order valence-electron chi connectivity index (χ2n) is 4.55. The van der Waals surface area contributed by atoms with E-state index in [9.17, 15) is 0 Å². The summed E-state index contributed by atoms with van der Waals surface area (Å²) in [6.07, 6.45) is 3.77. The molecule has 18 heavy (non-hydrogen) atoms. The second kappa shape index (κ2) is 5.76. The molecule has 0 spiro atoms. The van der Waals surface area contributed by atoms with Crippen molar-refractivity contribution in [1.82, 2.24) is 9.55 Å². The number of hydrogen-bond acceptors (Lipinski definition) is 2. The lowest BCUT2D eigenvalue weighted by atomic mass is 10.2. The minimum atomic E-state index is 0.572. The molecule has 96 valence electrons. The Morgan fingerprint density at radius 1 is 1.44 bits per heavy atom. The van der Waals surface area contributed by atoms with Crippen molar-refractivity contribution in [2.75, 3.05) is 5.32 Å². The number of hydrogen-bond donors (Lipinski definition) is 1. The van der Waals surface area contributed by atoms with Crippen molar-refractivity contribution in [2.24, 2.45) is 5.92 Å². The lowest BCUT2D eigenvalue weighted by molar-refractivity contribution is 0.527. The minimum absolute atomic E-state index is 0.572. The van der Waals surface area contributed by atoms with Crippen LogP contribution in [-0.2, 0) is 6.54 Å². The molecule has 2 aromatic rings. The summed E-state index contributed by atoms with van der Waals surface area (Å²) in [6.45, 7) is 5.29. The molecule has 0 aliphatic carbocycles. The van der Waals surface area contributed by atoms with E-state index in [4.69, 9.17) is 11.6 Å². The lowest BCUT2D eigenvalue weighted by Crippen LogP contribution is -2.07. The third-order valence-electron chi connectivity index (χ3n) is 2.45. The zero-order valence-corrected chi connectivity index (χ0v) is 12.7. The van der Waals surface area contributed by atoms with Gasteiger partial charge >= 0.3 is 0 Å².